The van der Waals surface area contributed by atoms with Crippen LogP contribution in [0, 0.1) is 6.92 Å². The number of rotatable bonds is 26. The van der Waals surface area contributed by atoms with E-state index in [1.54, 1.807) is 24.3 Å². The number of hydrogen-bond acceptors (Lipinski definition) is 12. The number of aryl methyl sites for hydroxylation is 1. The lowest BCUT2D eigenvalue weighted by Crippen LogP contribution is -2.51. The first-order chi connectivity index (χ1) is 24.6. The second kappa shape index (κ2) is 25.3. The lowest BCUT2D eigenvalue weighted by atomic mass is 10.0. The molecule has 0 unspecified atom stereocenters. The molecule has 290 valence electrons. The average Bonchev–Trinajstić information content (AvgIpc) is 3.04. The third kappa shape index (κ3) is 21.5. The van der Waals surface area contributed by atoms with Gasteiger partial charge in [-0.05, 0) is 49.9 Å². The smallest absolute Gasteiger partial charge is 0.317 e. The topological polar surface area (TPSA) is 270 Å². The van der Waals surface area contributed by atoms with Crippen molar-refractivity contribution in [1.82, 2.24) is 20.0 Å². The molecule has 0 radical (unpaired) electrons. The Morgan fingerprint density at radius 3 is 1.65 bits per heavy atom. The molecule has 17 heteroatoms. The van der Waals surface area contributed by atoms with Crippen LogP contribution in [0.4, 0.5) is 0 Å². The summed E-state index contributed by atoms with van der Waals surface area (Å²) in [6.45, 7) is 3.58. The van der Waals surface area contributed by atoms with Gasteiger partial charge in [-0.15, -0.1) is 0 Å². The Balaban J connectivity index is 0.000000747. The minimum absolute atomic E-state index is 0.0549. The van der Waals surface area contributed by atoms with Crippen molar-refractivity contribution in [1.29, 1.82) is 0 Å². The first kappa shape index (κ1) is 45.4. The molecule has 0 aliphatic rings. The fourth-order valence-electron chi connectivity index (χ4n) is 5.22. The molecule has 0 saturated heterocycles. The van der Waals surface area contributed by atoms with Crippen molar-refractivity contribution < 1.29 is 54.2 Å². The van der Waals surface area contributed by atoms with Crippen molar-refractivity contribution in [2.45, 2.75) is 38.8 Å². The minimum atomic E-state index is -1.27. The fourth-order valence-corrected chi connectivity index (χ4v) is 5.22. The van der Waals surface area contributed by atoms with Gasteiger partial charge in [0, 0.05) is 51.4 Å². The molecule has 0 fully saturated rings. The average molecular weight is 735 g/mol. The number of carboxylic acid groups (broad SMARTS) is 5. The summed E-state index contributed by atoms with van der Waals surface area (Å²) in [6.07, 6.45) is 1.09. The standard InChI is InChI=1S/C23H33N3O11.C12H21N3/c1-2-37-18-5-3-16(4-6-18)9-17(26(14-22(33)34)15-23(35)36)10-24(11-19(27)28)7-8-25(12-20(29)30)13-21(31)32;1-10-2-4-11(5-3-10)8-12(14)9-15-7-6-13/h3-6,17H,2,7-15H2,1H3,(H,27,28)(H,29,30)(H,31,32)(H,33,34)(H,35,36);2-5,12,15H,6-9,13-14H2,1H3/t17-;12-/m00/s1. The normalized spacial score (nSPS) is 12.2. The van der Waals surface area contributed by atoms with Crippen LogP contribution in [0.5, 0.6) is 5.75 Å². The number of nitrogens with zero attached hydrogens (tertiary/aromatic N) is 3. The lowest BCUT2D eigenvalue weighted by molar-refractivity contribution is -0.144. The number of carbonyl (C=O) groups is 5. The Kier molecular flexibility index (Phi) is 22.1. The van der Waals surface area contributed by atoms with E-state index in [-0.39, 0.29) is 32.1 Å². The number of nitrogens with one attached hydrogen (secondary N) is 1. The van der Waals surface area contributed by atoms with Gasteiger partial charge in [-0.25, -0.2) is 0 Å². The van der Waals surface area contributed by atoms with Crippen molar-refractivity contribution in [2.24, 2.45) is 11.5 Å². The van der Waals surface area contributed by atoms with Crippen molar-refractivity contribution in [2.75, 3.05) is 78.6 Å². The van der Waals surface area contributed by atoms with Gasteiger partial charge < -0.3 is 47.1 Å². The molecular weight excluding hydrogens is 680 g/mol. The molecule has 2 aromatic carbocycles. The van der Waals surface area contributed by atoms with Crippen LogP contribution in [0.25, 0.3) is 0 Å². The highest BCUT2D eigenvalue weighted by Crippen LogP contribution is 2.16. The highest BCUT2D eigenvalue weighted by molar-refractivity contribution is 5.73. The Labute approximate surface area is 303 Å². The first-order valence-corrected chi connectivity index (χ1v) is 16.8. The summed E-state index contributed by atoms with van der Waals surface area (Å²) in [4.78, 5) is 60.4. The maximum Gasteiger partial charge on any atom is 0.317 e. The molecule has 0 bridgehead atoms. The molecule has 10 N–H and O–H groups in total. The Bertz CT molecular complexity index is 1350. The maximum atomic E-state index is 11.5. The number of nitrogens with two attached hydrogens (primary N) is 2. The largest absolute Gasteiger partial charge is 0.494 e. The monoisotopic (exact) mass is 734 g/mol. The van der Waals surface area contributed by atoms with Gasteiger partial charge in [-0.3, -0.25) is 38.7 Å². The van der Waals surface area contributed by atoms with Crippen LogP contribution in [-0.4, -0.2) is 161 Å². The van der Waals surface area contributed by atoms with E-state index in [1.165, 1.54) is 20.9 Å². The van der Waals surface area contributed by atoms with Crippen molar-refractivity contribution in [3.05, 3.63) is 65.2 Å². The first-order valence-electron chi connectivity index (χ1n) is 16.8. The molecule has 2 aromatic rings. The van der Waals surface area contributed by atoms with E-state index in [0.717, 1.165) is 30.0 Å². The Morgan fingerprint density at radius 2 is 1.17 bits per heavy atom. The summed E-state index contributed by atoms with van der Waals surface area (Å²) >= 11 is 0. The lowest BCUT2D eigenvalue weighted by Gasteiger charge is -2.34. The van der Waals surface area contributed by atoms with Gasteiger partial charge in [0.1, 0.15) is 5.75 Å². The third-order valence-corrected chi connectivity index (χ3v) is 7.52. The summed E-state index contributed by atoms with van der Waals surface area (Å²) < 4.78 is 5.41. The quantitative estimate of drug-likeness (QED) is 0.0578. The van der Waals surface area contributed by atoms with Crippen molar-refractivity contribution in [3.63, 3.8) is 0 Å². The molecule has 0 aliphatic heterocycles. The van der Waals surface area contributed by atoms with Gasteiger partial charge in [0.05, 0.1) is 39.3 Å². The Morgan fingerprint density at radius 1 is 0.712 bits per heavy atom. The van der Waals surface area contributed by atoms with Gasteiger partial charge in [-0.2, -0.15) is 0 Å². The van der Waals surface area contributed by atoms with Crippen molar-refractivity contribution in [3.8, 4) is 5.75 Å². The SMILES string of the molecule is CCOc1ccc(C[C@@H](CN(CCN(CC(=O)O)CC(=O)O)CC(=O)O)N(CC(=O)O)CC(=O)O)cc1.Cc1ccc(C[C@H](N)CNCCN)cc1. The fraction of sp³-hybridized carbons (Fsp3) is 0.514. The van der Waals surface area contributed by atoms with Gasteiger partial charge in [0.15, 0.2) is 0 Å². The number of aliphatic carboxylic acids is 5. The number of carboxylic acids is 5. The highest BCUT2D eigenvalue weighted by atomic mass is 16.5. The van der Waals surface area contributed by atoms with E-state index < -0.39 is 68.6 Å². The van der Waals surface area contributed by atoms with Crippen LogP contribution >= 0.6 is 0 Å². The molecule has 0 amide bonds. The number of ether oxygens (including phenoxy) is 1. The van der Waals surface area contributed by atoms with Crippen molar-refractivity contribution >= 4 is 29.8 Å². The molecule has 2 rings (SSSR count). The van der Waals surface area contributed by atoms with Crippen LogP contribution in [0.1, 0.15) is 23.6 Å². The molecule has 0 aromatic heterocycles. The van der Waals surface area contributed by atoms with Gasteiger partial charge >= 0.3 is 29.8 Å². The molecule has 0 spiro atoms. The molecule has 2 atom stereocenters. The zero-order valence-electron chi connectivity index (χ0n) is 29.9. The maximum absolute atomic E-state index is 11.5. The number of benzene rings is 2. The number of hydrogen-bond donors (Lipinski definition) is 8. The predicted molar refractivity (Wildman–Crippen MR) is 193 cm³/mol. The van der Waals surface area contributed by atoms with Gasteiger partial charge in [0.2, 0.25) is 0 Å². The summed E-state index contributed by atoms with van der Waals surface area (Å²) in [5.41, 5.74) is 14.7. The summed E-state index contributed by atoms with van der Waals surface area (Å²) in [7, 11) is 0. The van der Waals surface area contributed by atoms with Crippen LogP contribution < -0.4 is 21.5 Å². The molecule has 0 aliphatic carbocycles. The van der Waals surface area contributed by atoms with E-state index in [0.29, 0.717) is 18.9 Å². The summed E-state index contributed by atoms with van der Waals surface area (Å²) in [5, 5.41) is 49.4. The second-order valence-corrected chi connectivity index (χ2v) is 12.2. The summed E-state index contributed by atoms with van der Waals surface area (Å²) in [5.74, 6) is -5.65. The second-order valence-electron chi connectivity index (χ2n) is 12.2. The van der Waals surface area contributed by atoms with Crippen LogP contribution in [0.2, 0.25) is 0 Å². The Hall–Kier alpha value is -4.65. The molecule has 52 heavy (non-hydrogen) atoms. The summed E-state index contributed by atoms with van der Waals surface area (Å²) in [6, 6.07) is 14.8. The van der Waals surface area contributed by atoms with Gasteiger partial charge in [0.25, 0.3) is 0 Å². The van der Waals surface area contributed by atoms with E-state index in [9.17, 15) is 39.3 Å². The zero-order valence-corrected chi connectivity index (χ0v) is 29.9. The van der Waals surface area contributed by atoms with Crippen LogP contribution in [-0.2, 0) is 36.8 Å². The van der Waals surface area contributed by atoms with Gasteiger partial charge in [-0.1, -0.05) is 42.0 Å². The predicted octanol–water partition coefficient (Wildman–Crippen LogP) is -0.261. The van der Waals surface area contributed by atoms with E-state index >= 15 is 0 Å². The van der Waals surface area contributed by atoms with E-state index in [2.05, 4.69) is 36.5 Å². The molecule has 17 nitrogen and oxygen atoms in total. The highest BCUT2D eigenvalue weighted by Gasteiger charge is 2.27. The van der Waals surface area contributed by atoms with Crippen LogP contribution in [0.3, 0.4) is 0 Å². The molecule has 0 heterocycles. The van der Waals surface area contributed by atoms with Crippen LogP contribution in [0.15, 0.2) is 48.5 Å². The minimum Gasteiger partial charge on any atom is -0.494 e. The third-order valence-electron chi connectivity index (χ3n) is 7.52. The molecule has 0 saturated carbocycles. The molecular formula is C35H54N6O11. The van der Waals surface area contributed by atoms with E-state index in [1.807, 2.05) is 6.92 Å². The zero-order chi connectivity index (χ0) is 39.1. The van der Waals surface area contributed by atoms with E-state index in [4.69, 9.17) is 26.4 Å².